The summed E-state index contributed by atoms with van der Waals surface area (Å²) >= 11 is 0. The Bertz CT molecular complexity index is 813. The van der Waals surface area contributed by atoms with Crippen molar-refractivity contribution >= 4 is 16.9 Å². The van der Waals surface area contributed by atoms with Gasteiger partial charge in [-0.05, 0) is 24.3 Å². The predicted molar refractivity (Wildman–Crippen MR) is 82.9 cm³/mol. The monoisotopic (exact) mass is 281 g/mol. The van der Waals surface area contributed by atoms with E-state index in [0.717, 1.165) is 5.69 Å². The molecule has 0 fully saturated rings. The van der Waals surface area contributed by atoms with Gasteiger partial charge in [-0.1, -0.05) is 30.3 Å². The molecule has 0 unspecified atom stereocenters. The number of fused-ring (bicyclic) bond motifs is 1. The molecule has 0 saturated heterocycles. The van der Waals surface area contributed by atoms with E-state index in [-0.39, 0.29) is 12.2 Å². The molecular formula is C16H15N3O2. The van der Waals surface area contributed by atoms with E-state index in [1.807, 2.05) is 42.5 Å². The average Bonchev–Trinajstić information content (AvgIpc) is 2.54. The maximum atomic E-state index is 12.7. The summed E-state index contributed by atoms with van der Waals surface area (Å²) < 4.78 is 1.53. The van der Waals surface area contributed by atoms with E-state index in [2.05, 4.69) is 10.3 Å². The predicted octanol–water partition coefficient (Wildman–Crippen LogP) is 1.79. The number of benzene rings is 2. The van der Waals surface area contributed by atoms with E-state index in [4.69, 9.17) is 5.11 Å². The highest BCUT2D eigenvalue weighted by Crippen LogP contribution is 2.15. The molecule has 5 heteroatoms. The van der Waals surface area contributed by atoms with Crippen molar-refractivity contribution in [3.8, 4) is 5.69 Å². The Morgan fingerprint density at radius 2 is 1.76 bits per heavy atom. The molecule has 0 aliphatic rings. The Morgan fingerprint density at radius 3 is 2.52 bits per heavy atom. The zero-order valence-electron chi connectivity index (χ0n) is 11.4. The first-order valence-electron chi connectivity index (χ1n) is 6.73. The summed E-state index contributed by atoms with van der Waals surface area (Å²) in [5, 5.41) is 12.6. The molecule has 1 aromatic heterocycles. The molecule has 106 valence electrons. The molecule has 0 atom stereocenters. The molecule has 21 heavy (non-hydrogen) atoms. The third-order valence-electron chi connectivity index (χ3n) is 3.19. The Balaban J connectivity index is 2.29. The maximum Gasteiger partial charge on any atom is 0.267 e. The Labute approximate surface area is 121 Å². The molecule has 3 rings (SSSR count). The summed E-state index contributed by atoms with van der Waals surface area (Å²) in [5.41, 5.74) is 1.24. The second-order valence-electron chi connectivity index (χ2n) is 4.58. The van der Waals surface area contributed by atoms with Crippen molar-refractivity contribution in [1.82, 2.24) is 9.55 Å². The molecular weight excluding hydrogens is 266 g/mol. The minimum Gasteiger partial charge on any atom is -0.395 e. The Morgan fingerprint density at radius 1 is 1.05 bits per heavy atom. The summed E-state index contributed by atoms with van der Waals surface area (Å²) in [6.07, 6.45) is 0. The van der Waals surface area contributed by atoms with Gasteiger partial charge in [-0.2, -0.15) is 0 Å². The molecule has 0 aliphatic carbocycles. The van der Waals surface area contributed by atoms with Gasteiger partial charge >= 0.3 is 0 Å². The third kappa shape index (κ3) is 2.51. The average molecular weight is 281 g/mol. The fraction of sp³-hybridized carbons (Fsp3) is 0.125. The van der Waals surface area contributed by atoms with E-state index in [9.17, 15) is 4.79 Å². The summed E-state index contributed by atoms with van der Waals surface area (Å²) in [6, 6.07) is 16.6. The van der Waals surface area contributed by atoms with E-state index < -0.39 is 0 Å². The fourth-order valence-corrected chi connectivity index (χ4v) is 2.24. The summed E-state index contributed by atoms with van der Waals surface area (Å²) in [5.74, 6) is 0.430. The highest BCUT2D eigenvalue weighted by Gasteiger charge is 2.11. The lowest BCUT2D eigenvalue weighted by atomic mass is 10.2. The van der Waals surface area contributed by atoms with Crippen LogP contribution in [0.15, 0.2) is 59.4 Å². The number of rotatable bonds is 4. The number of nitrogens with zero attached hydrogens (tertiary/aromatic N) is 2. The van der Waals surface area contributed by atoms with Gasteiger partial charge in [0.15, 0.2) is 0 Å². The van der Waals surface area contributed by atoms with Crippen molar-refractivity contribution in [3.05, 3.63) is 65.0 Å². The van der Waals surface area contributed by atoms with Gasteiger partial charge in [0, 0.05) is 6.54 Å². The van der Waals surface area contributed by atoms with Crippen LogP contribution in [0.5, 0.6) is 0 Å². The van der Waals surface area contributed by atoms with Crippen molar-refractivity contribution < 1.29 is 5.11 Å². The number of aliphatic hydroxyl groups is 1. The zero-order valence-corrected chi connectivity index (χ0v) is 11.4. The van der Waals surface area contributed by atoms with Crippen LogP contribution >= 0.6 is 0 Å². The minimum absolute atomic E-state index is 0.0303. The normalized spacial score (nSPS) is 10.7. The molecule has 0 amide bonds. The van der Waals surface area contributed by atoms with Crippen molar-refractivity contribution in [3.63, 3.8) is 0 Å². The first-order chi connectivity index (χ1) is 10.3. The van der Waals surface area contributed by atoms with Crippen LogP contribution in [0.2, 0.25) is 0 Å². The van der Waals surface area contributed by atoms with Crippen LogP contribution in [0, 0.1) is 0 Å². The van der Waals surface area contributed by atoms with Crippen molar-refractivity contribution in [1.29, 1.82) is 0 Å². The number of hydrogen-bond donors (Lipinski definition) is 2. The van der Waals surface area contributed by atoms with E-state index in [0.29, 0.717) is 23.4 Å². The van der Waals surface area contributed by atoms with Crippen molar-refractivity contribution in [2.45, 2.75) is 0 Å². The molecule has 0 aliphatic heterocycles. The van der Waals surface area contributed by atoms with Crippen LogP contribution in [0.3, 0.4) is 0 Å². The summed E-state index contributed by atoms with van der Waals surface area (Å²) in [6.45, 7) is 0.301. The van der Waals surface area contributed by atoms with Crippen LogP contribution in [0.1, 0.15) is 0 Å². The molecule has 3 aromatic rings. The lowest BCUT2D eigenvalue weighted by Crippen LogP contribution is -2.24. The number of anilines is 1. The van der Waals surface area contributed by atoms with Crippen LogP contribution in [0.25, 0.3) is 16.6 Å². The van der Waals surface area contributed by atoms with Gasteiger partial charge in [-0.15, -0.1) is 0 Å². The van der Waals surface area contributed by atoms with E-state index in [1.165, 1.54) is 4.57 Å². The van der Waals surface area contributed by atoms with Crippen LogP contribution < -0.4 is 10.9 Å². The van der Waals surface area contributed by atoms with Crippen molar-refractivity contribution in [2.24, 2.45) is 0 Å². The second-order valence-corrected chi connectivity index (χ2v) is 4.58. The molecule has 0 spiro atoms. The van der Waals surface area contributed by atoms with Gasteiger partial charge in [0.25, 0.3) is 5.56 Å². The first kappa shape index (κ1) is 13.3. The van der Waals surface area contributed by atoms with Crippen molar-refractivity contribution in [2.75, 3.05) is 18.5 Å². The largest absolute Gasteiger partial charge is 0.395 e. The molecule has 2 N–H and O–H groups in total. The summed E-state index contributed by atoms with van der Waals surface area (Å²) in [4.78, 5) is 17.2. The highest BCUT2D eigenvalue weighted by atomic mass is 16.3. The quantitative estimate of drug-likeness (QED) is 0.765. The molecule has 5 nitrogen and oxygen atoms in total. The standard InChI is InChI=1S/C16H15N3O2/c20-11-10-17-16-18-14-9-5-4-8-13(14)15(21)19(16)12-6-2-1-3-7-12/h1-9,20H,10-11H2,(H,17,18). The Kier molecular flexibility index (Phi) is 3.66. The molecule has 0 bridgehead atoms. The van der Waals surface area contributed by atoms with Gasteiger partial charge in [0.1, 0.15) is 0 Å². The number of aromatic nitrogens is 2. The maximum absolute atomic E-state index is 12.7. The van der Waals surface area contributed by atoms with Gasteiger partial charge in [0.2, 0.25) is 5.95 Å². The molecule has 2 aromatic carbocycles. The fourth-order valence-electron chi connectivity index (χ4n) is 2.24. The number of aliphatic hydroxyl groups excluding tert-OH is 1. The lowest BCUT2D eigenvalue weighted by molar-refractivity contribution is 0.310. The zero-order chi connectivity index (χ0) is 14.7. The van der Waals surface area contributed by atoms with Gasteiger partial charge in [-0.3, -0.25) is 4.79 Å². The minimum atomic E-state index is -0.132. The SMILES string of the molecule is O=c1c2ccccc2nc(NCCO)n1-c1ccccc1. The molecule has 1 heterocycles. The van der Waals surface area contributed by atoms with Crippen LogP contribution in [-0.2, 0) is 0 Å². The Hall–Kier alpha value is -2.66. The third-order valence-corrected chi connectivity index (χ3v) is 3.19. The smallest absolute Gasteiger partial charge is 0.267 e. The first-order valence-corrected chi connectivity index (χ1v) is 6.73. The number of nitrogens with one attached hydrogen (secondary N) is 1. The van der Waals surface area contributed by atoms with Gasteiger partial charge in [0.05, 0.1) is 23.2 Å². The summed E-state index contributed by atoms with van der Waals surface area (Å²) in [7, 11) is 0. The number of para-hydroxylation sites is 2. The van der Waals surface area contributed by atoms with Crippen LogP contribution in [-0.4, -0.2) is 27.8 Å². The van der Waals surface area contributed by atoms with Gasteiger partial charge in [-0.25, -0.2) is 9.55 Å². The molecule has 0 radical (unpaired) electrons. The number of hydrogen-bond acceptors (Lipinski definition) is 4. The lowest BCUT2D eigenvalue weighted by Gasteiger charge is -2.14. The van der Waals surface area contributed by atoms with Gasteiger partial charge < -0.3 is 10.4 Å². The van der Waals surface area contributed by atoms with E-state index in [1.54, 1.807) is 12.1 Å². The second kappa shape index (κ2) is 5.76. The van der Waals surface area contributed by atoms with Crippen LogP contribution in [0.4, 0.5) is 5.95 Å². The van der Waals surface area contributed by atoms with E-state index >= 15 is 0 Å². The highest BCUT2D eigenvalue weighted by molar-refractivity contribution is 5.79. The topological polar surface area (TPSA) is 67.2 Å². The molecule has 0 saturated carbocycles.